The van der Waals surface area contributed by atoms with Crippen LogP contribution in [0.1, 0.15) is 18.5 Å². The predicted molar refractivity (Wildman–Crippen MR) is 118 cm³/mol. The van der Waals surface area contributed by atoms with Gasteiger partial charge in [-0.15, -0.1) is 0 Å². The molecule has 0 bridgehead atoms. The number of hydrogen-bond acceptors (Lipinski definition) is 5. The third kappa shape index (κ3) is 3.79. The normalized spacial score (nSPS) is 16.1. The average molecular weight is 445 g/mol. The first-order valence-corrected chi connectivity index (χ1v) is 10.6. The molecule has 1 aromatic carbocycles. The topological polar surface area (TPSA) is 85.4 Å². The minimum absolute atomic E-state index is 0.0120. The van der Waals surface area contributed by atoms with Crippen molar-refractivity contribution in [3.05, 3.63) is 62.0 Å². The second-order valence-corrected chi connectivity index (χ2v) is 8.19. The van der Waals surface area contributed by atoms with E-state index in [1.165, 1.54) is 28.8 Å². The van der Waals surface area contributed by atoms with Gasteiger partial charge in [0.05, 0.1) is 0 Å². The summed E-state index contributed by atoms with van der Waals surface area (Å²) < 4.78 is 3.64. The molecule has 1 amide bonds. The van der Waals surface area contributed by atoms with Crippen molar-refractivity contribution in [2.45, 2.75) is 19.5 Å². The fourth-order valence-corrected chi connectivity index (χ4v) is 4.32. The molecule has 0 spiro atoms. The molecule has 3 heterocycles. The Hall–Kier alpha value is -2.91. The van der Waals surface area contributed by atoms with Crippen molar-refractivity contribution in [1.82, 2.24) is 28.5 Å². The maximum Gasteiger partial charge on any atom is 0.332 e. The van der Waals surface area contributed by atoms with E-state index in [9.17, 15) is 14.4 Å². The highest BCUT2D eigenvalue weighted by atomic mass is 35.5. The molecular formula is C21H25ClN6O3. The second-order valence-electron chi connectivity index (χ2n) is 7.85. The Morgan fingerprint density at radius 2 is 1.71 bits per heavy atom. The number of aryl methyl sites for hydroxylation is 1. The van der Waals surface area contributed by atoms with E-state index in [0.29, 0.717) is 13.1 Å². The van der Waals surface area contributed by atoms with Crippen molar-refractivity contribution in [2.24, 2.45) is 14.1 Å². The molecule has 1 saturated heterocycles. The Balaban J connectivity index is 1.50. The lowest BCUT2D eigenvalue weighted by atomic mass is 10.1. The second kappa shape index (κ2) is 8.32. The number of carbonyl (C=O) groups excluding carboxylic acids is 1. The van der Waals surface area contributed by atoms with Crippen LogP contribution in [0.15, 0.2) is 39.9 Å². The summed E-state index contributed by atoms with van der Waals surface area (Å²) in [6.45, 7) is 4.78. The maximum absolute atomic E-state index is 13.0. The number of amides is 1. The van der Waals surface area contributed by atoms with Crippen LogP contribution in [0.3, 0.4) is 0 Å². The molecule has 0 aliphatic carbocycles. The zero-order valence-electron chi connectivity index (χ0n) is 17.8. The number of fused-ring (bicyclic) bond motifs is 1. The Bertz CT molecular complexity index is 1240. The molecule has 164 valence electrons. The molecule has 1 fully saturated rings. The summed E-state index contributed by atoms with van der Waals surface area (Å²) in [5.74, 6) is -0.135. The molecular weight excluding hydrogens is 420 g/mol. The largest absolute Gasteiger partial charge is 0.339 e. The lowest BCUT2D eigenvalue weighted by molar-refractivity contribution is -0.133. The number of aromatic nitrogens is 4. The van der Waals surface area contributed by atoms with Gasteiger partial charge in [-0.05, 0) is 24.1 Å². The number of piperazine rings is 1. The maximum atomic E-state index is 13.0. The fourth-order valence-electron chi connectivity index (χ4n) is 4.10. The van der Waals surface area contributed by atoms with Crippen molar-refractivity contribution >= 4 is 28.7 Å². The van der Waals surface area contributed by atoms with Gasteiger partial charge in [-0.3, -0.25) is 28.2 Å². The van der Waals surface area contributed by atoms with Gasteiger partial charge in [0.25, 0.3) is 5.56 Å². The van der Waals surface area contributed by atoms with E-state index in [4.69, 9.17) is 11.6 Å². The molecule has 1 aliphatic rings. The standard InChI is InChI=1S/C21H25ClN6O3/c1-14(15-7-5-4-6-8-15)26-9-11-27(12-10-26)16(29)13-28-17-18(23-20(28)22)24(2)21(31)25(3)19(17)30/h4-8,14H,9-13H2,1-3H3. The Morgan fingerprint density at radius 1 is 1.06 bits per heavy atom. The van der Waals surface area contributed by atoms with Crippen molar-refractivity contribution in [3.63, 3.8) is 0 Å². The van der Waals surface area contributed by atoms with Crippen molar-refractivity contribution in [3.8, 4) is 0 Å². The zero-order chi connectivity index (χ0) is 22.3. The van der Waals surface area contributed by atoms with Gasteiger partial charge in [-0.1, -0.05) is 30.3 Å². The van der Waals surface area contributed by atoms with E-state index in [-0.39, 0.29) is 34.9 Å². The van der Waals surface area contributed by atoms with Gasteiger partial charge >= 0.3 is 5.69 Å². The van der Waals surface area contributed by atoms with Crippen LogP contribution in [0.4, 0.5) is 0 Å². The van der Waals surface area contributed by atoms with Crippen molar-refractivity contribution < 1.29 is 4.79 Å². The van der Waals surface area contributed by atoms with Gasteiger partial charge < -0.3 is 4.90 Å². The fraction of sp³-hybridized carbons (Fsp3) is 0.429. The molecule has 10 heteroatoms. The van der Waals surface area contributed by atoms with Crippen molar-refractivity contribution in [2.75, 3.05) is 26.2 Å². The number of imidazole rings is 1. The Labute approximate surface area is 184 Å². The van der Waals surface area contributed by atoms with Gasteiger partial charge in [0.2, 0.25) is 11.2 Å². The SMILES string of the molecule is CC(c1ccccc1)N1CCN(C(=O)Cn2c(Cl)nc3c2c(=O)n(C)c(=O)n3C)CC1. The van der Waals surface area contributed by atoms with Gasteiger partial charge in [-0.25, -0.2) is 4.79 Å². The summed E-state index contributed by atoms with van der Waals surface area (Å²) in [5.41, 5.74) is 0.563. The van der Waals surface area contributed by atoms with Gasteiger partial charge in [-0.2, -0.15) is 4.98 Å². The quantitative estimate of drug-likeness (QED) is 0.560. The number of hydrogen-bond donors (Lipinski definition) is 0. The first-order valence-electron chi connectivity index (χ1n) is 10.2. The molecule has 2 aromatic heterocycles. The number of nitrogens with zero attached hydrogens (tertiary/aromatic N) is 6. The molecule has 1 atom stereocenters. The van der Waals surface area contributed by atoms with Crippen LogP contribution in [0.5, 0.6) is 0 Å². The van der Waals surface area contributed by atoms with Crippen LogP contribution in [-0.4, -0.2) is 60.6 Å². The van der Waals surface area contributed by atoms with E-state index in [1.54, 1.807) is 4.90 Å². The van der Waals surface area contributed by atoms with Crippen LogP contribution >= 0.6 is 11.6 Å². The molecule has 1 unspecified atom stereocenters. The predicted octanol–water partition coefficient (Wildman–Crippen LogP) is 0.992. The highest BCUT2D eigenvalue weighted by Gasteiger charge is 2.26. The monoisotopic (exact) mass is 444 g/mol. The lowest BCUT2D eigenvalue weighted by Gasteiger charge is -2.38. The Morgan fingerprint density at radius 3 is 2.35 bits per heavy atom. The zero-order valence-corrected chi connectivity index (χ0v) is 18.5. The smallest absolute Gasteiger partial charge is 0.332 e. The first kappa shape index (κ1) is 21.3. The van der Waals surface area contributed by atoms with Gasteiger partial charge in [0, 0.05) is 46.3 Å². The summed E-state index contributed by atoms with van der Waals surface area (Å²) in [6.07, 6.45) is 0. The number of carbonyl (C=O) groups is 1. The molecule has 1 aliphatic heterocycles. The first-order chi connectivity index (χ1) is 14.8. The van der Waals surface area contributed by atoms with Crippen molar-refractivity contribution in [1.29, 1.82) is 0 Å². The summed E-state index contributed by atoms with van der Waals surface area (Å²) >= 11 is 6.24. The minimum Gasteiger partial charge on any atom is -0.339 e. The van der Waals surface area contributed by atoms with E-state index in [0.717, 1.165) is 17.7 Å². The molecule has 0 radical (unpaired) electrons. The number of rotatable bonds is 4. The minimum atomic E-state index is -0.521. The Kier molecular flexibility index (Phi) is 5.72. The van der Waals surface area contributed by atoms with E-state index in [1.807, 2.05) is 18.2 Å². The molecule has 31 heavy (non-hydrogen) atoms. The van der Waals surface area contributed by atoms with Gasteiger partial charge in [0.1, 0.15) is 6.54 Å². The van der Waals surface area contributed by atoms with E-state index < -0.39 is 11.2 Å². The highest BCUT2D eigenvalue weighted by molar-refractivity contribution is 6.29. The van der Waals surface area contributed by atoms with E-state index in [2.05, 4.69) is 28.9 Å². The van der Waals surface area contributed by atoms with Crippen LogP contribution < -0.4 is 11.2 Å². The van der Waals surface area contributed by atoms with Crippen LogP contribution in [-0.2, 0) is 25.4 Å². The van der Waals surface area contributed by atoms with Crippen LogP contribution in [0.2, 0.25) is 5.28 Å². The summed E-state index contributed by atoms with van der Waals surface area (Å²) in [4.78, 5) is 46.0. The molecule has 9 nitrogen and oxygen atoms in total. The third-order valence-electron chi connectivity index (χ3n) is 6.09. The summed E-state index contributed by atoms with van der Waals surface area (Å²) in [6, 6.07) is 10.6. The summed E-state index contributed by atoms with van der Waals surface area (Å²) in [7, 11) is 2.91. The molecule has 0 N–H and O–H groups in total. The molecule has 0 saturated carbocycles. The van der Waals surface area contributed by atoms with Crippen LogP contribution in [0.25, 0.3) is 11.2 Å². The average Bonchev–Trinajstić information content (AvgIpc) is 3.12. The number of halogens is 1. The molecule has 3 aromatic rings. The molecule has 4 rings (SSSR count). The van der Waals surface area contributed by atoms with Gasteiger partial charge in [0.15, 0.2) is 11.2 Å². The highest BCUT2D eigenvalue weighted by Crippen LogP contribution is 2.22. The third-order valence-corrected chi connectivity index (χ3v) is 6.38. The summed E-state index contributed by atoms with van der Waals surface area (Å²) in [5, 5.41) is 0.0120. The number of benzene rings is 1. The van der Waals surface area contributed by atoms with E-state index >= 15 is 0 Å². The van der Waals surface area contributed by atoms with Crippen LogP contribution in [0, 0.1) is 0 Å². The lowest BCUT2D eigenvalue weighted by Crippen LogP contribution is -2.50.